The fourth-order valence-electron chi connectivity index (χ4n) is 4.73. The first-order valence-electron chi connectivity index (χ1n) is 11.2. The lowest BCUT2D eigenvalue weighted by Crippen LogP contribution is -2.42. The van der Waals surface area contributed by atoms with Gasteiger partial charge in [0.15, 0.2) is 0 Å². The van der Waals surface area contributed by atoms with Crippen molar-refractivity contribution in [3.05, 3.63) is 70.9 Å². The molecule has 1 aliphatic heterocycles. The van der Waals surface area contributed by atoms with Gasteiger partial charge in [-0.15, -0.1) is 0 Å². The lowest BCUT2D eigenvalue weighted by molar-refractivity contribution is -0.136. The van der Waals surface area contributed by atoms with Crippen molar-refractivity contribution < 1.29 is 18.7 Å². The zero-order valence-corrected chi connectivity index (χ0v) is 19.0. The van der Waals surface area contributed by atoms with E-state index in [0.29, 0.717) is 29.4 Å². The van der Waals surface area contributed by atoms with Crippen LogP contribution in [0.5, 0.6) is 0 Å². The molecule has 3 atom stereocenters. The molecule has 0 fully saturated rings. The van der Waals surface area contributed by atoms with E-state index in [4.69, 9.17) is 0 Å². The Bertz CT molecular complexity index is 1190. The summed E-state index contributed by atoms with van der Waals surface area (Å²) in [5.74, 6) is -1.58. The molecule has 0 amide bonds. The molecule has 0 aliphatic carbocycles. The smallest absolute Gasteiger partial charge is 0.307 e. The third-order valence-electron chi connectivity index (χ3n) is 6.63. The van der Waals surface area contributed by atoms with E-state index in [1.807, 2.05) is 16.5 Å². The lowest BCUT2D eigenvalue weighted by atomic mass is 10.00. The number of aliphatic carboxylic acids is 1. The number of para-hydroxylation sites is 1. The first-order chi connectivity index (χ1) is 15.8. The summed E-state index contributed by atoms with van der Waals surface area (Å²) in [6.07, 6.45) is 1.25. The molecular formula is C25H28F2N4O2. The summed E-state index contributed by atoms with van der Waals surface area (Å²) >= 11 is 0. The zero-order valence-electron chi connectivity index (χ0n) is 19.0. The largest absolute Gasteiger partial charge is 0.481 e. The summed E-state index contributed by atoms with van der Waals surface area (Å²) in [5, 5.41) is 20.9. The first-order valence-corrected chi connectivity index (χ1v) is 11.2. The van der Waals surface area contributed by atoms with Gasteiger partial charge in [-0.3, -0.25) is 9.80 Å². The predicted octanol–water partition coefficient (Wildman–Crippen LogP) is 5.32. The van der Waals surface area contributed by atoms with Crippen LogP contribution in [0.25, 0.3) is 10.9 Å². The second-order valence-corrected chi connectivity index (χ2v) is 8.67. The van der Waals surface area contributed by atoms with Crippen LogP contribution in [0.4, 0.5) is 8.78 Å². The minimum Gasteiger partial charge on any atom is -0.481 e. The summed E-state index contributed by atoms with van der Waals surface area (Å²) in [6, 6.07) is 11.1. The fourth-order valence-corrected chi connectivity index (χ4v) is 4.73. The van der Waals surface area contributed by atoms with E-state index in [1.54, 1.807) is 24.3 Å². The molecule has 6 nitrogen and oxygen atoms in total. The van der Waals surface area contributed by atoms with Crippen molar-refractivity contribution in [3.63, 3.8) is 0 Å². The van der Waals surface area contributed by atoms with Crippen LogP contribution in [0, 0.1) is 18.6 Å². The maximum atomic E-state index is 14.9. The molecule has 0 saturated heterocycles. The Hall–Kier alpha value is -3.29. The maximum Gasteiger partial charge on any atom is 0.307 e. The van der Waals surface area contributed by atoms with Crippen molar-refractivity contribution in [2.45, 2.75) is 64.7 Å². The van der Waals surface area contributed by atoms with Crippen LogP contribution >= 0.6 is 0 Å². The van der Waals surface area contributed by atoms with Gasteiger partial charge in [-0.2, -0.15) is 5.11 Å². The molecule has 3 unspecified atom stereocenters. The number of benzene rings is 2. The minimum absolute atomic E-state index is 0.0190. The molecule has 1 aliphatic rings. The molecular weight excluding hydrogens is 426 g/mol. The van der Waals surface area contributed by atoms with Gasteiger partial charge in [-0.25, -0.2) is 8.78 Å². The number of hydrogen-bond donors (Lipinski definition) is 1. The second-order valence-electron chi connectivity index (χ2n) is 8.67. The van der Waals surface area contributed by atoms with Gasteiger partial charge in [-0.05, 0) is 56.0 Å². The minimum atomic E-state index is -0.945. The molecule has 2 aromatic carbocycles. The third kappa shape index (κ3) is 4.47. The molecule has 8 heteroatoms. The molecule has 0 radical (unpaired) electrons. The van der Waals surface area contributed by atoms with Gasteiger partial charge in [0.05, 0.1) is 30.1 Å². The van der Waals surface area contributed by atoms with Crippen LogP contribution < -0.4 is 0 Å². The molecule has 0 saturated carbocycles. The second kappa shape index (κ2) is 9.29. The van der Waals surface area contributed by atoms with E-state index in [2.05, 4.69) is 24.2 Å². The standard InChI is InChI=1S/C25H28F2N4O2/c1-4-19(31-16(3)23(28-29-31)12-17-8-10-18(26)11-9-17)14-30-15(2)21(13-24(32)33)20-6-5-7-22(27)25(20)30/h5-11,16,19,23H,4,12-14H2,1-3H3,(H,32,33). The highest BCUT2D eigenvalue weighted by molar-refractivity contribution is 5.89. The molecule has 0 bridgehead atoms. The Morgan fingerprint density at radius 1 is 1.18 bits per heavy atom. The third-order valence-corrected chi connectivity index (χ3v) is 6.63. The van der Waals surface area contributed by atoms with Gasteiger partial charge in [0.25, 0.3) is 0 Å². The highest BCUT2D eigenvalue weighted by atomic mass is 19.1. The van der Waals surface area contributed by atoms with E-state index in [1.165, 1.54) is 18.2 Å². The molecule has 2 heterocycles. The van der Waals surface area contributed by atoms with Gasteiger partial charge >= 0.3 is 5.97 Å². The Morgan fingerprint density at radius 2 is 1.91 bits per heavy atom. The van der Waals surface area contributed by atoms with E-state index in [0.717, 1.165) is 17.7 Å². The van der Waals surface area contributed by atoms with Crippen molar-refractivity contribution in [2.24, 2.45) is 10.3 Å². The lowest BCUT2D eigenvalue weighted by Gasteiger charge is -2.31. The average Bonchev–Trinajstić information content (AvgIpc) is 3.26. The van der Waals surface area contributed by atoms with Crippen molar-refractivity contribution in [3.8, 4) is 0 Å². The highest BCUT2D eigenvalue weighted by Crippen LogP contribution is 2.31. The summed E-state index contributed by atoms with van der Waals surface area (Å²) in [4.78, 5) is 11.4. The zero-order chi connectivity index (χ0) is 23.7. The normalized spacial score (nSPS) is 18.9. The number of rotatable bonds is 8. The number of carbonyl (C=O) groups is 1. The quantitative estimate of drug-likeness (QED) is 0.501. The Balaban J connectivity index is 1.59. The number of aromatic nitrogens is 1. The van der Waals surface area contributed by atoms with E-state index >= 15 is 0 Å². The van der Waals surface area contributed by atoms with E-state index in [-0.39, 0.29) is 36.2 Å². The van der Waals surface area contributed by atoms with Crippen LogP contribution in [0.1, 0.15) is 37.1 Å². The van der Waals surface area contributed by atoms with Crippen LogP contribution in [-0.4, -0.2) is 38.8 Å². The molecule has 0 spiro atoms. The SMILES string of the molecule is CCC(Cn1c(C)c(CC(=O)O)c2cccc(F)c21)N1N=NC(Cc2ccc(F)cc2)C1C. The Kier molecular flexibility index (Phi) is 6.44. The van der Waals surface area contributed by atoms with Crippen molar-refractivity contribution in [1.82, 2.24) is 9.58 Å². The van der Waals surface area contributed by atoms with Crippen molar-refractivity contribution >= 4 is 16.9 Å². The summed E-state index contributed by atoms with van der Waals surface area (Å²) in [6.45, 7) is 6.42. The Morgan fingerprint density at radius 3 is 2.58 bits per heavy atom. The first kappa shape index (κ1) is 22.9. The number of fused-ring (bicyclic) bond motifs is 1. The number of hydrogen-bond acceptors (Lipinski definition) is 4. The Labute approximate surface area is 191 Å². The number of halogens is 2. The van der Waals surface area contributed by atoms with Crippen LogP contribution in [0.15, 0.2) is 52.8 Å². The van der Waals surface area contributed by atoms with Crippen LogP contribution in [0.3, 0.4) is 0 Å². The van der Waals surface area contributed by atoms with Crippen molar-refractivity contribution in [2.75, 3.05) is 0 Å². The van der Waals surface area contributed by atoms with Gasteiger partial charge < -0.3 is 9.67 Å². The molecule has 1 aromatic heterocycles. The topological polar surface area (TPSA) is 70.2 Å². The van der Waals surface area contributed by atoms with Gasteiger partial charge in [0, 0.05) is 17.6 Å². The molecule has 3 aromatic rings. The highest BCUT2D eigenvalue weighted by Gasteiger charge is 2.34. The predicted molar refractivity (Wildman–Crippen MR) is 122 cm³/mol. The fraction of sp³-hybridized carbons (Fsp3) is 0.400. The van der Waals surface area contributed by atoms with Gasteiger partial charge in [0.1, 0.15) is 11.6 Å². The molecule has 174 valence electrons. The number of carboxylic acid groups (broad SMARTS) is 1. The average molecular weight is 455 g/mol. The van der Waals surface area contributed by atoms with Gasteiger partial charge in [0.2, 0.25) is 0 Å². The molecule has 1 N–H and O–H groups in total. The summed E-state index contributed by atoms with van der Waals surface area (Å²) in [5.41, 5.74) is 2.81. The molecule has 4 rings (SSSR count). The monoisotopic (exact) mass is 454 g/mol. The summed E-state index contributed by atoms with van der Waals surface area (Å²) in [7, 11) is 0. The van der Waals surface area contributed by atoms with Crippen molar-refractivity contribution in [1.29, 1.82) is 0 Å². The van der Waals surface area contributed by atoms with E-state index < -0.39 is 5.97 Å². The molecule has 33 heavy (non-hydrogen) atoms. The van der Waals surface area contributed by atoms with Crippen LogP contribution in [0.2, 0.25) is 0 Å². The van der Waals surface area contributed by atoms with Crippen LogP contribution in [-0.2, 0) is 24.2 Å². The number of carboxylic acids is 1. The summed E-state index contributed by atoms with van der Waals surface area (Å²) < 4.78 is 30.0. The maximum absolute atomic E-state index is 14.9. The van der Waals surface area contributed by atoms with Gasteiger partial charge in [-0.1, -0.05) is 36.4 Å². The van der Waals surface area contributed by atoms with E-state index in [9.17, 15) is 18.7 Å². The number of nitrogens with zero attached hydrogens (tertiary/aromatic N) is 4.